The van der Waals surface area contributed by atoms with Crippen LogP contribution in [-0.2, 0) is 10.8 Å². The molecular weight excluding hydrogens is 599 g/mol. The summed E-state index contributed by atoms with van der Waals surface area (Å²) in [6, 6.07) is 52.3. The fraction of sp³-hybridized carbons (Fsp3) is 0.130. The molecule has 0 aliphatic heterocycles. The third-order valence-corrected chi connectivity index (χ3v) is 12.5. The number of nitrogens with zero attached hydrogens (tertiary/aromatic N) is 1. The molecule has 10 rings (SSSR count). The summed E-state index contributed by atoms with van der Waals surface area (Å²) in [5, 5.41) is 5.20. The zero-order chi connectivity index (χ0) is 32.4. The van der Waals surface area contributed by atoms with Crippen molar-refractivity contribution in [3.8, 4) is 22.3 Å². The Morgan fingerprint density at radius 1 is 0.458 bits per heavy atom. The van der Waals surface area contributed by atoms with Crippen molar-refractivity contribution in [2.24, 2.45) is 0 Å². The van der Waals surface area contributed by atoms with Crippen molar-refractivity contribution < 1.29 is 0 Å². The molecule has 0 spiro atoms. The first-order chi connectivity index (χ1) is 23.3. The van der Waals surface area contributed by atoms with Crippen LogP contribution in [0.25, 0.3) is 53.2 Å². The smallest absolute Gasteiger partial charge is 0.0540 e. The summed E-state index contributed by atoms with van der Waals surface area (Å²) in [5.41, 5.74) is 14.4. The van der Waals surface area contributed by atoms with Crippen LogP contribution in [0.2, 0.25) is 0 Å². The molecule has 0 radical (unpaired) electrons. The second kappa shape index (κ2) is 9.69. The predicted molar refractivity (Wildman–Crippen MR) is 207 cm³/mol. The lowest BCUT2D eigenvalue weighted by molar-refractivity contribution is 0.660. The van der Waals surface area contributed by atoms with E-state index >= 15 is 0 Å². The third-order valence-electron chi connectivity index (χ3n) is 11.3. The molecule has 0 saturated heterocycles. The number of rotatable bonds is 3. The summed E-state index contributed by atoms with van der Waals surface area (Å²) in [5.74, 6) is 0. The Morgan fingerprint density at radius 3 is 2.00 bits per heavy atom. The number of fused-ring (bicyclic) bond motifs is 11. The van der Waals surface area contributed by atoms with Gasteiger partial charge in [-0.25, -0.2) is 0 Å². The maximum Gasteiger partial charge on any atom is 0.0540 e. The van der Waals surface area contributed by atoms with Gasteiger partial charge in [0, 0.05) is 53.3 Å². The van der Waals surface area contributed by atoms with E-state index in [1.807, 2.05) is 11.3 Å². The number of thiophene rings is 1. The van der Waals surface area contributed by atoms with Crippen molar-refractivity contribution in [1.29, 1.82) is 0 Å². The molecule has 2 heteroatoms. The van der Waals surface area contributed by atoms with Crippen LogP contribution in [-0.4, -0.2) is 0 Å². The van der Waals surface area contributed by atoms with Crippen LogP contribution in [0.1, 0.15) is 49.9 Å². The van der Waals surface area contributed by atoms with Gasteiger partial charge >= 0.3 is 0 Å². The molecule has 2 aliphatic carbocycles. The van der Waals surface area contributed by atoms with E-state index in [0.717, 1.165) is 0 Å². The van der Waals surface area contributed by atoms with Crippen LogP contribution < -0.4 is 4.90 Å². The van der Waals surface area contributed by atoms with Gasteiger partial charge in [0.1, 0.15) is 0 Å². The van der Waals surface area contributed by atoms with Gasteiger partial charge in [0.15, 0.2) is 0 Å². The maximum absolute atomic E-state index is 2.50. The average Bonchev–Trinajstić information content (AvgIpc) is 3.68. The topological polar surface area (TPSA) is 3.24 Å². The number of hydrogen-bond acceptors (Lipinski definition) is 2. The molecule has 0 atom stereocenters. The van der Waals surface area contributed by atoms with Gasteiger partial charge in [-0.15, -0.1) is 11.3 Å². The Morgan fingerprint density at radius 2 is 1.10 bits per heavy atom. The Kier molecular flexibility index (Phi) is 5.63. The summed E-state index contributed by atoms with van der Waals surface area (Å²) in [6.07, 6.45) is 0. The van der Waals surface area contributed by atoms with Crippen LogP contribution >= 0.6 is 11.3 Å². The summed E-state index contributed by atoms with van der Waals surface area (Å²) in [6.45, 7) is 9.52. The van der Waals surface area contributed by atoms with E-state index in [1.165, 1.54) is 92.5 Å². The van der Waals surface area contributed by atoms with Gasteiger partial charge in [-0.3, -0.25) is 0 Å². The lowest BCUT2D eigenvalue weighted by atomic mass is 9.82. The van der Waals surface area contributed by atoms with Crippen LogP contribution in [0, 0.1) is 0 Å². The molecule has 1 aromatic heterocycles. The van der Waals surface area contributed by atoms with E-state index in [4.69, 9.17) is 0 Å². The first-order valence-electron chi connectivity index (χ1n) is 16.9. The molecule has 230 valence electrons. The number of benzene rings is 7. The van der Waals surface area contributed by atoms with Gasteiger partial charge < -0.3 is 4.90 Å². The predicted octanol–water partition coefficient (Wildman–Crippen LogP) is 13.3. The zero-order valence-electron chi connectivity index (χ0n) is 27.6. The quantitative estimate of drug-likeness (QED) is 0.187. The average molecular weight is 634 g/mol. The molecule has 0 amide bonds. The Bertz CT molecular complexity index is 2630. The number of hydrogen-bond donors (Lipinski definition) is 0. The van der Waals surface area contributed by atoms with E-state index in [1.54, 1.807) is 0 Å². The summed E-state index contributed by atoms with van der Waals surface area (Å²) >= 11 is 1.93. The SMILES string of the molecule is CC1(C)c2ccccc2-c2ccc(N(c3ccc4c(c3)-c3c(ccc5c3sc3ccccc35)C4(C)C)c3cccc4ccccc34)cc21. The minimum atomic E-state index is -0.0833. The highest BCUT2D eigenvalue weighted by atomic mass is 32.1. The summed E-state index contributed by atoms with van der Waals surface area (Å²) in [7, 11) is 0. The second-order valence-corrected chi connectivity index (χ2v) is 15.6. The van der Waals surface area contributed by atoms with Crippen molar-refractivity contribution >= 4 is 59.3 Å². The Balaban J connectivity index is 1.24. The van der Waals surface area contributed by atoms with Gasteiger partial charge in [0.05, 0.1) is 5.69 Å². The molecule has 8 aromatic rings. The molecule has 1 nitrogen and oxygen atoms in total. The molecule has 1 heterocycles. The van der Waals surface area contributed by atoms with Crippen LogP contribution in [0.4, 0.5) is 17.1 Å². The standard InChI is InChI=1S/C46H35NS/c1-45(2)38-24-21-29(26-36(38)43-39(45)25-23-35-34-16-8-10-19-42(34)48-44(35)43)47(41-18-11-13-28-12-5-6-14-31(28)41)30-20-22-33-32-15-7-9-17-37(32)46(3,4)40(33)27-30/h5-27H,1-4H3. The molecule has 2 aliphatic rings. The van der Waals surface area contributed by atoms with E-state index in [2.05, 4.69) is 172 Å². The minimum absolute atomic E-state index is 0.0821. The van der Waals surface area contributed by atoms with Gasteiger partial charge in [0.25, 0.3) is 0 Å². The molecule has 7 aromatic carbocycles. The van der Waals surface area contributed by atoms with Crippen LogP contribution in [0.5, 0.6) is 0 Å². The Hall–Kier alpha value is -5.18. The Labute approximate surface area is 285 Å². The highest BCUT2D eigenvalue weighted by Crippen LogP contribution is 2.56. The molecule has 0 fully saturated rings. The van der Waals surface area contributed by atoms with E-state index in [9.17, 15) is 0 Å². The lowest BCUT2D eigenvalue weighted by Gasteiger charge is -2.30. The van der Waals surface area contributed by atoms with Crippen molar-refractivity contribution in [3.63, 3.8) is 0 Å². The van der Waals surface area contributed by atoms with Crippen LogP contribution in [0.3, 0.4) is 0 Å². The monoisotopic (exact) mass is 633 g/mol. The van der Waals surface area contributed by atoms with Gasteiger partial charge in [-0.2, -0.15) is 0 Å². The normalized spacial score (nSPS) is 15.0. The first kappa shape index (κ1) is 27.9. The third kappa shape index (κ3) is 3.67. The van der Waals surface area contributed by atoms with E-state index in [0.29, 0.717) is 0 Å². The zero-order valence-corrected chi connectivity index (χ0v) is 28.5. The molecule has 0 N–H and O–H groups in total. The van der Waals surface area contributed by atoms with Crippen LogP contribution in [0.15, 0.2) is 140 Å². The summed E-state index contributed by atoms with van der Waals surface area (Å²) < 4.78 is 2.74. The van der Waals surface area contributed by atoms with Gasteiger partial charge in [-0.05, 0) is 80.7 Å². The van der Waals surface area contributed by atoms with E-state index < -0.39 is 0 Å². The lowest BCUT2D eigenvalue weighted by Crippen LogP contribution is -2.17. The largest absolute Gasteiger partial charge is 0.310 e. The second-order valence-electron chi connectivity index (χ2n) is 14.6. The van der Waals surface area contributed by atoms with Gasteiger partial charge in [-0.1, -0.05) is 131 Å². The fourth-order valence-corrected chi connectivity index (χ4v) is 10.1. The number of anilines is 3. The fourth-order valence-electron chi connectivity index (χ4n) is 8.81. The first-order valence-corrected chi connectivity index (χ1v) is 17.8. The molecule has 48 heavy (non-hydrogen) atoms. The summed E-state index contributed by atoms with van der Waals surface area (Å²) in [4.78, 5) is 2.50. The molecular formula is C46H35NS. The molecule has 0 bridgehead atoms. The van der Waals surface area contributed by atoms with Crippen molar-refractivity contribution in [2.45, 2.75) is 38.5 Å². The molecule has 0 unspecified atom stereocenters. The van der Waals surface area contributed by atoms with Crippen molar-refractivity contribution in [3.05, 3.63) is 162 Å². The van der Waals surface area contributed by atoms with Gasteiger partial charge in [0.2, 0.25) is 0 Å². The minimum Gasteiger partial charge on any atom is -0.310 e. The van der Waals surface area contributed by atoms with Crippen molar-refractivity contribution in [2.75, 3.05) is 4.90 Å². The highest BCUT2D eigenvalue weighted by Gasteiger charge is 2.39. The van der Waals surface area contributed by atoms with Crippen molar-refractivity contribution in [1.82, 2.24) is 0 Å². The van der Waals surface area contributed by atoms with E-state index in [-0.39, 0.29) is 10.8 Å². The molecule has 0 saturated carbocycles. The maximum atomic E-state index is 2.50. The highest BCUT2D eigenvalue weighted by molar-refractivity contribution is 7.26.